The molecule has 0 fully saturated rings. The lowest BCUT2D eigenvalue weighted by molar-refractivity contribution is 0.301. The summed E-state index contributed by atoms with van der Waals surface area (Å²) < 4.78 is 2.51. The zero-order valence-electron chi connectivity index (χ0n) is 20.6. The zero-order chi connectivity index (χ0) is 24.2. The molecule has 4 unspecified atom stereocenters. The van der Waals surface area contributed by atoms with Crippen molar-refractivity contribution in [1.29, 1.82) is 0 Å². The van der Waals surface area contributed by atoms with Crippen LogP contribution in [0.3, 0.4) is 0 Å². The number of fused-ring (bicyclic) bond motifs is 5. The Morgan fingerprint density at radius 1 is 0.694 bits per heavy atom. The van der Waals surface area contributed by atoms with Crippen molar-refractivity contribution in [2.24, 2.45) is 5.92 Å². The Kier molecular flexibility index (Phi) is 4.81. The molecule has 0 bridgehead atoms. The average Bonchev–Trinajstić information content (AvgIpc) is 3.13. The van der Waals surface area contributed by atoms with Crippen molar-refractivity contribution in [2.45, 2.75) is 18.4 Å². The number of aromatic nitrogens is 1. The molecule has 36 heavy (non-hydrogen) atoms. The highest BCUT2D eigenvalue weighted by molar-refractivity contribution is 5.84. The molecule has 0 saturated carbocycles. The van der Waals surface area contributed by atoms with Gasteiger partial charge in [-0.25, -0.2) is 0 Å². The molecule has 1 aliphatic carbocycles. The van der Waals surface area contributed by atoms with E-state index in [1.54, 1.807) is 0 Å². The second kappa shape index (κ2) is 8.20. The van der Waals surface area contributed by atoms with Gasteiger partial charge in [0, 0.05) is 54.1 Å². The van der Waals surface area contributed by atoms with Crippen LogP contribution in [0, 0.1) is 5.92 Å². The summed E-state index contributed by atoms with van der Waals surface area (Å²) in [6, 6.07) is 17.8. The number of benzene rings is 2. The van der Waals surface area contributed by atoms with Gasteiger partial charge in [-0.15, -0.1) is 0 Å². The molecule has 4 atom stereocenters. The Balaban J connectivity index is 1.50. The Morgan fingerprint density at radius 2 is 1.42 bits per heavy atom. The van der Waals surface area contributed by atoms with Crippen LogP contribution in [0.5, 0.6) is 0 Å². The predicted molar refractivity (Wildman–Crippen MR) is 150 cm³/mol. The van der Waals surface area contributed by atoms with Crippen molar-refractivity contribution in [3.8, 4) is 0 Å². The standard InChI is InChI=1S/C32H30N4/c1-33-19-9-7-15-31(33)35-27-13-5-3-11-23(27)17-18-24-21-26-25-12-4-6-14-28(25)36(30(26)22-29(24)35)32-16-8-10-20-34(32)2/h3-22,24,29,31-32H,1-2H3. The van der Waals surface area contributed by atoms with Crippen LogP contribution < -0.4 is 15.5 Å². The van der Waals surface area contributed by atoms with Crippen LogP contribution in [-0.4, -0.2) is 40.7 Å². The van der Waals surface area contributed by atoms with Crippen LogP contribution in [0.25, 0.3) is 29.1 Å². The highest BCUT2D eigenvalue weighted by Gasteiger charge is 2.35. The van der Waals surface area contributed by atoms with Crippen LogP contribution in [0.15, 0.2) is 103 Å². The molecule has 3 aliphatic heterocycles. The maximum absolute atomic E-state index is 2.60. The van der Waals surface area contributed by atoms with Gasteiger partial charge >= 0.3 is 0 Å². The van der Waals surface area contributed by atoms with E-state index in [0.29, 0.717) is 0 Å². The van der Waals surface area contributed by atoms with Crippen molar-refractivity contribution in [3.05, 3.63) is 120 Å². The first-order valence-corrected chi connectivity index (χ1v) is 12.7. The third kappa shape index (κ3) is 3.14. The molecular weight excluding hydrogens is 440 g/mol. The average molecular weight is 471 g/mol. The summed E-state index contributed by atoms with van der Waals surface area (Å²) in [6.07, 6.45) is 27.5. The monoisotopic (exact) mass is 470 g/mol. The maximum Gasteiger partial charge on any atom is 0.125 e. The summed E-state index contributed by atoms with van der Waals surface area (Å²) in [4.78, 5) is 7.19. The number of anilines is 1. The number of allylic oxidation sites excluding steroid dienone is 4. The first kappa shape index (κ1) is 21.1. The summed E-state index contributed by atoms with van der Waals surface area (Å²) in [5, 5.41) is 3.95. The Labute approximate surface area is 212 Å². The van der Waals surface area contributed by atoms with Crippen molar-refractivity contribution in [1.82, 2.24) is 14.4 Å². The van der Waals surface area contributed by atoms with Crippen LogP contribution in [0.4, 0.5) is 5.69 Å². The highest BCUT2D eigenvalue weighted by atomic mass is 15.4. The maximum atomic E-state index is 2.60. The predicted octanol–water partition coefficient (Wildman–Crippen LogP) is 4.59. The van der Waals surface area contributed by atoms with E-state index >= 15 is 0 Å². The van der Waals surface area contributed by atoms with Crippen molar-refractivity contribution in [3.63, 3.8) is 0 Å². The van der Waals surface area contributed by atoms with Gasteiger partial charge in [-0.3, -0.25) is 0 Å². The fourth-order valence-corrected chi connectivity index (χ4v) is 6.20. The lowest BCUT2D eigenvalue weighted by Gasteiger charge is -2.44. The minimum absolute atomic E-state index is 0.132. The summed E-state index contributed by atoms with van der Waals surface area (Å²) in [7, 11) is 4.33. The Hall–Kier alpha value is -4.18. The zero-order valence-corrected chi connectivity index (χ0v) is 20.6. The molecule has 4 heterocycles. The van der Waals surface area contributed by atoms with Gasteiger partial charge in [0.25, 0.3) is 0 Å². The molecule has 0 amide bonds. The second-order valence-electron chi connectivity index (χ2n) is 10.0. The van der Waals surface area contributed by atoms with Gasteiger partial charge < -0.3 is 19.3 Å². The van der Waals surface area contributed by atoms with E-state index < -0.39 is 0 Å². The summed E-state index contributed by atoms with van der Waals surface area (Å²) >= 11 is 0. The summed E-state index contributed by atoms with van der Waals surface area (Å²) in [5.74, 6) is 0.261. The molecule has 2 aromatic carbocycles. The molecule has 0 N–H and O–H groups in total. The molecule has 7 rings (SSSR count). The SMILES string of the molecule is CN1C=CC=CC1N1c2ccccc2C=CC2C=c3c(n(C4C=CC=CN4C)c4ccccc34)=CC21. The second-order valence-corrected chi connectivity index (χ2v) is 10.0. The molecule has 4 heteroatoms. The van der Waals surface area contributed by atoms with E-state index in [4.69, 9.17) is 0 Å². The Bertz CT molecular complexity index is 1620. The number of rotatable bonds is 2. The van der Waals surface area contributed by atoms with Gasteiger partial charge in [-0.05, 0) is 48.1 Å². The minimum atomic E-state index is 0.132. The van der Waals surface area contributed by atoms with E-state index in [9.17, 15) is 0 Å². The summed E-state index contributed by atoms with van der Waals surface area (Å²) in [5.41, 5.74) is 3.81. The quantitative estimate of drug-likeness (QED) is 0.545. The van der Waals surface area contributed by atoms with Crippen molar-refractivity contribution in [2.75, 3.05) is 19.0 Å². The molecule has 0 saturated heterocycles. The summed E-state index contributed by atoms with van der Waals surface area (Å²) in [6.45, 7) is 0. The lowest BCUT2D eigenvalue weighted by Crippen LogP contribution is -2.54. The van der Waals surface area contributed by atoms with Gasteiger partial charge in [-0.1, -0.05) is 66.8 Å². The van der Waals surface area contributed by atoms with E-state index in [2.05, 4.69) is 155 Å². The molecule has 1 aromatic heterocycles. The van der Waals surface area contributed by atoms with Crippen molar-refractivity contribution < 1.29 is 0 Å². The Morgan fingerprint density at radius 3 is 2.22 bits per heavy atom. The van der Waals surface area contributed by atoms with Crippen molar-refractivity contribution >= 4 is 34.8 Å². The largest absolute Gasteiger partial charge is 0.357 e. The van der Waals surface area contributed by atoms with Gasteiger partial charge in [0.2, 0.25) is 0 Å². The van der Waals surface area contributed by atoms with Gasteiger partial charge in [0.15, 0.2) is 0 Å². The van der Waals surface area contributed by atoms with Gasteiger partial charge in [-0.2, -0.15) is 0 Å². The molecule has 4 nitrogen and oxygen atoms in total. The third-order valence-corrected chi connectivity index (χ3v) is 7.92. The lowest BCUT2D eigenvalue weighted by atomic mass is 9.92. The first-order valence-electron chi connectivity index (χ1n) is 12.7. The fourth-order valence-electron chi connectivity index (χ4n) is 6.20. The fraction of sp³-hybridized carbons (Fsp3) is 0.188. The number of hydrogen-bond donors (Lipinski definition) is 0. The molecule has 0 spiro atoms. The molecule has 3 aromatic rings. The smallest absolute Gasteiger partial charge is 0.125 e. The number of para-hydroxylation sites is 2. The van der Waals surface area contributed by atoms with Crippen LogP contribution >= 0.6 is 0 Å². The number of nitrogens with zero attached hydrogens (tertiary/aromatic N) is 4. The molecular formula is C32H30N4. The number of hydrogen-bond acceptors (Lipinski definition) is 3. The first-order chi connectivity index (χ1) is 17.7. The van der Waals surface area contributed by atoms with E-state index in [0.717, 1.165) is 0 Å². The van der Waals surface area contributed by atoms with Gasteiger partial charge in [0.1, 0.15) is 12.3 Å². The minimum Gasteiger partial charge on any atom is -0.357 e. The van der Waals surface area contributed by atoms with E-state index in [1.807, 2.05) is 0 Å². The third-order valence-electron chi connectivity index (χ3n) is 7.92. The highest BCUT2D eigenvalue weighted by Crippen LogP contribution is 2.36. The normalized spacial score (nSPS) is 25.8. The van der Waals surface area contributed by atoms with E-state index in [-0.39, 0.29) is 24.3 Å². The van der Waals surface area contributed by atoms with Crippen LogP contribution in [0.2, 0.25) is 0 Å². The van der Waals surface area contributed by atoms with Crippen LogP contribution in [-0.2, 0) is 0 Å². The van der Waals surface area contributed by atoms with E-state index in [1.165, 1.54) is 32.7 Å². The number of likely N-dealkylation sites (N-methyl/N-ethyl adjacent to an activating group) is 2. The topological polar surface area (TPSA) is 14.7 Å². The molecule has 4 aliphatic rings. The van der Waals surface area contributed by atoms with Crippen LogP contribution in [0.1, 0.15) is 11.7 Å². The molecule has 178 valence electrons. The molecule has 0 radical (unpaired) electrons. The van der Waals surface area contributed by atoms with Gasteiger partial charge in [0.05, 0.1) is 11.6 Å².